The third-order valence-corrected chi connectivity index (χ3v) is 6.63. The topological polar surface area (TPSA) is 95.0 Å². The van der Waals surface area contributed by atoms with E-state index >= 15 is 0 Å². The smallest absolute Gasteiger partial charge is 0.226 e. The lowest BCUT2D eigenvalue weighted by atomic mass is 10.0. The van der Waals surface area contributed by atoms with Gasteiger partial charge in [0.05, 0.1) is 29.6 Å². The number of nitriles is 1. The van der Waals surface area contributed by atoms with Crippen LogP contribution in [0.5, 0.6) is 0 Å². The van der Waals surface area contributed by atoms with Crippen molar-refractivity contribution in [2.45, 2.75) is 12.5 Å². The van der Waals surface area contributed by atoms with Crippen LogP contribution in [0.3, 0.4) is 0 Å². The molecule has 2 aromatic carbocycles. The number of hydrogen-bond acceptors (Lipinski definition) is 7. The number of piperazine rings is 1. The summed E-state index contributed by atoms with van der Waals surface area (Å²) in [6, 6.07) is 16.0. The van der Waals surface area contributed by atoms with Crippen molar-refractivity contribution >= 4 is 56.3 Å². The van der Waals surface area contributed by atoms with E-state index in [0.29, 0.717) is 35.3 Å². The molecule has 4 heterocycles. The van der Waals surface area contributed by atoms with Crippen molar-refractivity contribution < 1.29 is 0 Å². The summed E-state index contributed by atoms with van der Waals surface area (Å²) in [6.07, 6.45) is 2.15. The van der Waals surface area contributed by atoms with E-state index in [4.69, 9.17) is 33.4 Å². The summed E-state index contributed by atoms with van der Waals surface area (Å²) in [6.45, 7) is 2.10. The normalized spacial score (nSPS) is 16.4. The third-order valence-electron chi connectivity index (χ3n) is 6.14. The maximum atomic E-state index is 9.15. The van der Waals surface area contributed by atoms with Gasteiger partial charge in [0.25, 0.3) is 0 Å². The van der Waals surface area contributed by atoms with Crippen LogP contribution >= 0.6 is 23.2 Å². The fraction of sp³-hybridized carbons (Fsp3) is 0.208. The second-order valence-corrected chi connectivity index (χ2v) is 8.93. The van der Waals surface area contributed by atoms with Crippen LogP contribution in [0.1, 0.15) is 6.42 Å². The van der Waals surface area contributed by atoms with Crippen molar-refractivity contribution in [2.75, 3.05) is 24.5 Å². The molecule has 5 aromatic rings. The molecule has 8 nitrogen and oxygen atoms in total. The average molecular weight is 489 g/mol. The molecule has 0 aliphatic carbocycles. The van der Waals surface area contributed by atoms with Crippen LogP contribution in [0.2, 0.25) is 10.3 Å². The van der Waals surface area contributed by atoms with Gasteiger partial charge in [-0.25, -0.2) is 9.50 Å². The number of hydrogen-bond donors (Lipinski definition) is 1. The van der Waals surface area contributed by atoms with E-state index in [-0.39, 0.29) is 11.3 Å². The Labute approximate surface area is 204 Å². The zero-order valence-electron chi connectivity index (χ0n) is 17.9. The van der Waals surface area contributed by atoms with Gasteiger partial charge in [0, 0.05) is 41.6 Å². The van der Waals surface area contributed by atoms with E-state index < -0.39 is 0 Å². The first-order chi connectivity index (χ1) is 16.6. The summed E-state index contributed by atoms with van der Waals surface area (Å²) in [4.78, 5) is 16.1. The van der Waals surface area contributed by atoms with Gasteiger partial charge in [0.15, 0.2) is 11.5 Å². The molecule has 0 radical (unpaired) electrons. The number of rotatable bonds is 3. The Kier molecular flexibility index (Phi) is 5.18. The Morgan fingerprint density at radius 2 is 1.91 bits per heavy atom. The highest BCUT2D eigenvalue weighted by Gasteiger charge is 2.25. The molecule has 6 rings (SSSR count). The molecule has 1 unspecified atom stereocenters. The van der Waals surface area contributed by atoms with Gasteiger partial charge in [-0.05, 0) is 29.1 Å². The average Bonchev–Trinajstić information content (AvgIpc) is 3.33. The lowest BCUT2D eigenvalue weighted by Crippen LogP contribution is -2.51. The number of nitrogens with one attached hydrogen (secondary N) is 1. The van der Waals surface area contributed by atoms with Gasteiger partial charge in [-0.2, -0.15) is 20.3 Å². The molecule has 1 N–H and O–H groups in total. The molecule has 0 spiro atoms. The summed E-state index contributed by atoms with van der Waals surface area (Å²) in [5.41, 5.74) is 2.16. The van der Waals surface area contributed by atoms with Gasteiger partial charge in [0.2, 0.25) is 5.28 Å². The Hall–Kier alpha value is -3.51. The lowest BCUT2D eigenvalue weighted by Gasteiger charge is -2.34. The van der Waals surface area contributed by atoms with E-state index in [9.17, 15) is 0 Å². The maximum absolute atomic E-state index is 9.15. The first-order valence-electron chi connectivity index (χ1n) is 10.9. The van der Waals surface area contributed by atoms with Gasteiger partial charge in [-0.3, -0.25) is 0 Å². The highest BCUT2D eigenvalue weighted by molar-refractivity contribution is 6.36. The van der Waals surface area contributed by atoms with Crippen LogP contribution in [0.4, 0.5) is 5.82 Å². The highest BCUT2D eigenvalue weighted by Crippen LogP contribution is 2.36. The summed E-state index contributed by atoms with van der Waals surface area (Å²) in [5.74, 6) is 1.31. The largest absolute Gasteiger partial charge is 0.353 e. The molecule has 1 aliphatic rings. The molecule has 0 bridgehead atoms. The first kappa shape index (κ1) is 21.1. The molecule has 1 aliphatic heterocycles. The third kappa shape index (κ3) is 3.41. The van der Waals surface area contributed by atoms with E-state index in [2.05, 4.69) is 31.4 Å². The number of nitrogens with zero attached hydrogens (tertiary/aromatic N) is 7. The molecule has 0 amide bonds. The second kappa shape index (κ2) is 8.37. The Balaban J connectivity index is 1.61. The van der Waals surface area contributed by atoms with Crippen molar-refractivity contribution in [3.8, 4) is 17.5 Å². The zero-order chi connectivity index (χ0) is 23.2. The maximum Gasteiger partial charge on any atom is 0.226 e. The Morgan fingerprint density at radius 3 is 2.76 bits per heavy atom. The number of aromatic nitrogens is 5. The van der Waals surface area contributed by atoms with Crippen LogP contribution < -0.4 is 10.2 Å². The number of benzene rings is 2. The molecule has 3 aromatic heterocycles. The summed E-state index contributed by atoms with van der Waals surface area (Å²) in [7, 11) is 0. The second-order valence-electron chi connectivity index (χ2n) is 8.18. The van der Waals surface area contributed by atoms with Gasteiger partial charge in [-0.1, -0.05) is 41.9 Å². The quantitative estimate of drug-likeness (QED) is 0.373. The van der Waals surface area contributed by atoms with Crippen LogP contribution in [0, 0.1) is 11.3 Å². The molecule has 1 atom stereocenters. The SMILES string of the molecule is N#CCC1CN(c2nc(Cl)nc3nc(-c4cccc5cccc(Cl)c45)n4nccc4c23)CCN1. The monoisotopic (exact) mass is 488 g/mol. The van der Waals surface area contributed by atoms with Gasteiger partial charge in [0.1, 0.15) is 5.82 Å². The number of halogens is 2. The minimum Gasteiger partial charge on any atom is -0.353 e. The van der Waals surface area contributed by atoms with Crippen LogP contribution in [0.15, 0.2) is 48.7 Å². The summed E-state index contributed by atoms with van der Waals surface area (Å²) < 4.78 is 1.80. The summed E-state index contributed by atoms with van der Waals surface area (Å²) in [5, 5.41) is 20.6. The molecule has 0 saturated carbocycles. The number of anilines is 1. The van der Waals surface area contributed by atoms with E-state index in [1.165, 1.54) is 0 Å². The van der Waals surface area contributed by atoms with E-state index in [1.54, 1.807) is 10.7 Å². The van der Waals surface area contributed by atoms with Crippen molar-refractivity contribution in [1.29, 1.82) is 5.26 Å². The fourth-order valence-corrected chi connectivity index (χ4v) is 5.12. The van der Waals surface area contributed by atoms with Crippen LogP contribution in [-0.4, -0.2) is 50.2 Å². The van der Waals surface area contributed by atoms with Crippen LogP contribution in [-0.2, 0) is 0 Å². The number of fused-ring (bicyclic) bond motifs is 4. The highest BCUT2D eigenvalue weighted by atomic mass is 35.5. The Morgan fingerprint density at radius 1 is 1.06 bits per heavy atom. The van der Waals surface area contributed by atoms with Crippen molar-refractivity contribution in [3.63, 3.8) is 0 Å². The van der Waals surface area contributed by atoms with Gasteiger partial charge in [-0.15, -0.1) is 0 Å². The predicted octanol–water partition coefficient (Wildman–Crippen LogP) is 4.49. The van der Waals surface area contributed by atoms with Crippen molar-refractivity contribution in [1.82, 2.24) is 29.9 Å². The molecular formula is C24H18Cl2N8. The van der Waals surface area contributed by atoms with E-state index in [0.717, 1.165) is 40.3 Å². The van der Waals surface area contributed by atoms with Crippen LogP contribution in [0.25, 0.3) is 38.7 Å². The fourth-order valence-electron chi connectivity index (χ4n) is 4.68. The molecule has 1 fully saturated rings. The van der Waals surface area contributed by atoms with Gasteiger partial charge < -0.3 is 10.2 Å². The zero-order valence-corrected chi connectivity index (χ0v) is 19.4. The molecule has 10 heteroatoms. The standard InChI is InChI=1S/C24H18Cl2N8/c25-17-6-2-4-14-3-1-5-16(19(14)17)22-30-21-20(18-8-10-29-34(18)22)23(32-24(26)31-21)33-12-11-28-15(13-33)7-9-27/h1-6,8,10,15,28H,7,11-13H2. The molecule has 34 heavy (non-hydrogen) atoms. The minimum atomic E-state index is 0.0496. The van der Waals surface area contributed by atoms with Gasteiger partial charge >= 0.3 is 0 Å². The van der Waals surface area contributed by atoms with Crippen molar-refractivity contribution in [3.05, 3.63) is 59.0 Å². The summed E-state index contributed by atoms with van der Waals surface area (Å²) >= 11 is 13.0. The van der Waals surface area contributed by atoms with Crippen molar-refractivity contribution in [2.24, 2.45) is 0 Å². The molecule has 1 saturated heterocycles. The minimum absolute atomic E-state index is 0.0496. The molecular weight excluding hydrogens is 471 g/mol. The first-order valence-corrected chi connectivity index (χ1v) is 11.6. The predicted molar refractivity (Wildman–Crippen MR) is 133 cm³/mol. The Bertz CT molecular complexity index is 1600. The molecule has 168 valence electrons. The lowest BCUT2D eigenvalue weighted by molar-refractivity contribution is 0.461. The van der Waals surface area contributed by atoms with E-state index in [1.807, 2.05) is 42.5 Å².